The number of amides is 1. The second kappa shape index (κ2) is 5.02. The van der Waals surface area contributed by atoms with E-state index in [1.807, 2.05) is 0 Å². The summed E-state index contributed by atoms with van der Waals surface area (Å²) in [6.45, 7) is 2.91. The molecule has 0 bridgehead atoms. The Morgan fingerprint density at radius 3 is 2.72 bits per heavy atom. The normalized spacial score (nSPS) is 16.7. The summed E-state index contributed by atoms with van der Waals surface area (Å²) in [5.74, 6) is -0.141. The van der Waals surface area contributed by atoms with Crippen molar-refractivity contribution in [2.45, 2.75) is 26.2 Å². The van der Waals surface area contributed by atoms with Gasteiger partial charge in [0.15, 0.2) is 0 Å². The third-order valence-electron chi connectivity index (χ3n) is 3.52. The molecule has 1 aromatic heterocycles. The van der Waals surface area contributed by atoms with Crippen molar-refractivity contribution in [3.05, 3.63) is 29.6 Å². The molecule has 1 heterocycles. The van der Waals surface area contributed by atoms with Crippen LogP contribution in [0.3, 0.4) is 0 Å². The van der Waals surface area contributed by atoms with Gasteiger partial charge in [-0.2, -0.15) is 0 Å². The highest BCUT2D eigenvalue weighted by Gasteiger charge is 2.31. The van der Waals surface area contributed by atoms with Gasteiger partial charge in [-0.15, -0.1) is 0 Å². The van der Waals surface area contributed by atoms with Crippen molar-refractivity contribution in [3.63, 3.8) is 0 Å². The molecule has 1 amide bonds. The first-order chi connectivity index (χ1) is 8.50. The van der Waals surface area contributed by atoms with Gasteiger partial charge in [0.1, 0.15) is 10.7 Å². The molecule has 1 aliphatic rings. The quantitative estimate of drug-likeness (QED) is 0.810. The van der Waals surface area contributed by atoms with Crippen molar-refractivity contribution in [2.24, 2.45) is 11.1 Å². The molecule has 0 atom stereocenters. The summed E-state index contributed by atoms with van der Waals surface area (Å²) >= 11 is 4.83. The number of nitrogens with one attached hydrogen (secondary N) is 1. The Morgan fingerprint density at radius 2 is 2.28 bits per heavy atom. The van der Waals surface area contributed by atoms with Gasteiger partial charge in [0.2, 0.25) is 0 Å². The van der Waals surface area contributed by atoms with E-state index in [1.165, 1.54) is 25.5 Å². The summed E-state index contributed by atoms with van der Waals surface area (Å²) in [5, 5.41) is 2.92. The molecule has 0 radical (unpaired) electrons. The summed E-state index contributed by atoms with van der Waals surface area (Å²) in [6, 6.07) is 3.36. The molecule has 5 heteroatoms. The number of carbonyl (C=O) groups excluding carboxylic acids is 1. The van der Waals surface area contributed by atoms with Crippen LogP contribution in [0.4, 0.5) is 0 Å². The number of nitrogens with two attached hydrogens (primary N) is 1. The van der Waals surface area contributed by atoms with E-state index in [0.717, 1.165) is 0 Å². The van der Waals surface area contributed by atoms with Crippen molar-refractivity contribution < 1.29 is 4.79 Å². The lowest BCUT2D eigenvalue weighted by atomic mass is 9.70. The Morgan fingerprint density at radius 1 is 1.56 bits per heavy atom. The number of hydrogen-bond acceptors (Lipinski definition) is 3. The molecule has 18 heavy (non-hydrogen) atoms. The zero-order valence-corrected chi connectivity index (χ0v) is 11.2. The van der Waals surface area contributed by atoms with E-state index in [0.29, 0.717) is 17.8 Å². The highest BCUT2D eigenvalue weighted by Crippen LogP contribution is 2.39. The Kier molecular flexibility index (Phi) is 3.61. The topological polar surface area (TPSA) is 68.0 Å². The van der Waals surface area contributed by atoms with Crippen LogP contribution in [0.15, 0.2) is 18.3 Å². The second-order valence-electron chi connectivity index (χ2n) is 5.14. The van der Waals surface area contributed by atoms with Gasteiger partial charge in [0.05, 0.1) is 0 Å². The molecule has 1 aromatic rings. The van der Waals surface area contributed by atoms with Crippen LogP contribution in [0, 0.1) is 5.41 Å². The molecular formula is C13H17N3OS. The van der Waals surface area contributed by atoms with Crippen molar-refractivity contribution in [3.8, 4) is 0 Å². The van der Waals surface area contributed by atoms with Gasteiger partial charge in [-0.1, -0.05) is 25.6 Å². The van der Waals surface area contributed by atoms with Crippen LogP contribution in [0.25, 0.3) is 0 Å². The van der Waals surface area contributed by atoms with Crippen LogP contribution < -0.4 is 11.1 Å². The Bertz CT molecular complexity index is 466. The third-order valence-corrected chi connectivity index (χ3v) is 3.75. The van der Waals surface area contributed by atoms with Gasteiger partial charge >= 0.3 is 0 Å². The average Bonchev–Trinajstić information content (AvgIpc) is 2.33. The first kappa shape index (κ1) is 13.0. The van der Waals surface area contributed by atoms with Crippen molar-refractivity contribution in [1.82, 2.24) is 10.3 Å². The maximum Gasteiger partial charge on any atom is 0.269 e. The summed E-state index contributed by atoms with van der Waals surface area (Å²) in [4.78, 5) is 16.2. The van der Waals surface area contributed by atoms with Gasteiger partial charge in [0, 0.05) is 18.3 Å². The minimum absolute atomic E-state index is 0.141. The van der Waals surface area contributed by atoms with Gasteiger partial charge in [0.25, 0.3) is 5.91 Å². The summed E-state index contributed by atoms with van der Waals surface area (Å²) < 4.78 is 0. The fourth-order valence-corrected chi connectivity index (χ4v) is 2.14. The molecule has 1 fully saturated rings. The number of aromatic nitrogens is 1. The van der Waals surface area contributed by atoms with Crippen LogP contribution >= 0.6 is 12.2 Å². The molecule has 1 aliphatic carbocycles. The molecule has 0 aromatic carbocycles. The van der Waals surface area contributed by atoms with Crippen molar-refractivity contribution >= 4 is 23.1 Å². The Labute approximate surface area is 112 Å². The molecule has 4 nitrogen and oxygen atoms in total. The van der Waals surface area contributed by atoms with Crippen molar-refractivity contribution in [2.75, 3.05) is 6.54 Å². The Balaban J connectivity index is 1.94. The number of carbonyl (C=O) groups is 1. The van der Waals surface area contributed by atoms with Crippen LogP contribution in [-0.4, -0.2) is 22.4 Å². The molecule has 0 spiro atoms. The molecule has 0 aliphatic heterocycles. The summed E-state index contributed by atoms with van der Waals surface area (Å²) in [6.07, 6.45) is 5.15. The van der Waals surface area contributed by atoms with Crippen LogP contribution in [0.1, 0.15) is 42.2 Å². The third kappa shape index (κ3) is 2.85. The SMILES string of the molecule is CC1(CNC(=O)c2ccc(C(N)=S)cn2)CCC1. The fourth-order valence-electron chi connectivity index (χ4n) is 2.02. The number of nitrogens with zero attached hydrogens (tertiary/aromatic N) is 1. The zero-order valence-electron chi connectivity index (χ0n) is 10.4. The fraction of sp³-hybridized carbons (Fsp3) is 0.462. The average molecular weight is 263 g/mol. The lowest BCUT2D eigenvalue weighted by molar-refractivity contribution is 0.0886. The molecule has 96 valence electrons. The second-order valence-corrected chi connectivity index (χ2v) is 5.58. The molecule has 1 saturated carbocycles. The molecule has 0 saturated heterocycles. The highest BCUT2D eigenvalue weighted by atomic mass is 32.1. The molecule has 0 unspecified atom stereocenters. The predicted molar refractivity (Wildman–Crippen MR) is 74.4 cm³/mol. The van der Waals surface area contributed by atoms with E-state index in [-0.39, 0.29) is 16.3 Å². The minimum Gasteiger partial charge on any atom is -0.389 e. The van der Waals surface area contributed by atoms with E-state index in [1.54, 1.807) is 12.1 Å². The van der Waals surface area contributed by atoms with Gasteiger partial charge in [-0.25, -0.2) is 0 Å². The maximum atomic E-state index is 11.9. The number of pyridine rings is 1. The number of thiocarbonyl (C=S) groups is 1. The van der Waals surface area contributed by atoms with Crippen LogP contribution in [0.2, 0.25) is 0 Å². The van der Waals surface area contributed by atoms with E-state index < -0.39 is 0 Å². The molecule has 3 N–H and O–H groups in total. The largest absolute Gasteiger partial charge is 0.389 e. The predicted octanol–water partition coefficient (Wildman–Crippen LogP) is 1.64. The van der Waals surface area contributed by atoms with Gasteiger partial charge in [-0.3, -0.25) is 9.78 Å². The van der Waals surface area contributed by atoms with E-state index in [9.17, 15) is 4.79 Å². The first-order valence-electron chi connectivity index (χ1n) is 6.04. The van der Waals surface area contributed by atoms with E-state index in [4.69, 9.17) is 18.0 Å². The lowest BCUT2D eigenvalue weighted by Gasteiger charge is -2.38. The van der Waals surface area contributed by atoms with E-state index in [2.05, 4.69) is 17.2 Å². The summed E-state index contributed by atoms with van der Waals surface area (Å²) in [5.41, 5.74) is 6.82. The standard InChI is InChI=1S/C13H17N3OS/c1-13(5-2-6-13)8-16-12(17)10-4-3-9(7-15-10)11(14)18/h3-4,7H,2,5-6,8H2,1H3,(H2,14,18)(H,16,17). The minimum atomic E-state index is -0.141. The lowest BCUT2D eigenvalue weighted by Crippen LogP contribution is -2.40. The Hall–Kier alpha value is -1.49. The van der Waals surface area contributed by atoms with Gasteiger partial charge in [-0.05, 0) is 30.4 Å². The van der Waals surface area contributed by atoms with Crippen LogP contribution in [0.5, 0.6) is 0 Å². The number of rotatable bonds is 4. The van der Waals surface area contributed by atoms with Crippen molar-refractivity contribution in [1.29, 1.82) is 0 Å². The molecule has 2 rings (SSSR count). The smallest absolute Gasteiger partial charge is 0.269 e. The summed E-state index contributed by atoms with van der Waals surface area (Å²) in [7, 11) is 0. The first-order valence-corrected chi connectivity index (χ1v) is 6.45. The highest BCUT2D eigenvalue weighted by molar-refractivity contribution is 7.80. The van der Waals surface area contributed by atoms with E-state index >= 15 is 0 Å². The zero-order chi connectivity index (χ0) is 13.2. The number of hydrogen-bond donors (Lipinski definition) is 2. The molecular weight excluding hydrogens is 246 g/mol. The monoisotopic (exact) mass is 263 g/mol. The van der Waals surface area contributed by atoms with Crippen LogP contribution in [-0.2, 0) is 0 Å². The maximum absolute atomic E-state index is 11.9. The van der Waals surface area contributed by atoms with Gasteiger partial charge < -0.3 is 11.1 Å².